The average Bonchev–Trinajstić information content (AvgIpc) is 3.25. The maximum absolute atomic E-state index is 12.4. The lowest BCUT2D eigenvalue weighted by Gasteiger charge is -2.12. The number of nitrogens with one attached hydrogen (secondary N) is 2. The van der Waals surface area contributed by atoms with E-state index >= 15 is 0 Å². The summed E-state index contributed by atoms with van der Waals surface area (Å²) in [6.07, 6.45) is 2.08. The van der Waals surface area contributed by atoms with Crippen LogP contribution in [0.5, 0.6) is 11.5 Å². The van der Waals surface area contributed by atoms with Crippen molar-refractivity contribution in [3.05, 3.63) is 47.7 Å². The molecular formula is C18H19N3O5S. The van der Waals surface area contributed by atoms with Crippen LogP contribution in [0.25, 0.3) is 0 Å². The van der Waals surface area contributed by atoms with E-state index in [2.05, 4.69) is 15.6 Å². The Morgan fingerprint density at radius 3 is 2.85 bits per heavy atom. The molecule has 9 heteroatoms. The van der Waals surface area contributed by atoms with E-state index in [0.717, 1.165) is 5.56 Å². The Kier molecular flexibility index (Phi) is 4.61. The van der Waals surface area contributed by atoms with E-state index in [1.54, 1.807) is 12.1 Å². The maximum atomic E-state index is 12.4. The lowest BCUT2D eigenvalue weighted by molar-refractivity contribution is 0.0950. The minimum absolute atomic E-state index is 0.0925. The van der Waals surface area contributed by atoms with Crippen molar-refractivity contribution in [1.29, 1.82) is 0 Å². The summed E-state index contributed by atoms with van der Waals surface area (Å²) in [4.78, 5) is 16.6. The van der Waals surface area contributed by atoms with E-state index in [1.807, 2.05) is 18.2 Å². The third kappa shape index (κ3) is 4.13. The number of rotatable bonds is 5. The second kappa shape index (κ2) is 7.07. The van der Waals surface area contributed by atoms with Crippen LogP contribution >= 0.6 is 0 Å². The number of sulfone groups is 1. The number of benzene rings is 1. The van der Waals surface area contributed by atoms with E-state index in [9.17, 15) is 13.2 Å². The third-order valence-corrected chi connectivity index (χ3v) is 6.26. The number of hydrogen-bond donors (Lipinski definition) is 2. The molecule has 2 N–H and O–H groups in total. The van der Waals surface area contributed by atoms with Gasteiger partial charge in [-0.05, 0) is 36.2 Å². The first-order chi connectivity index (χ1) is 13.0. The topological polar surface area (TPSA) is 107 Å². The summed E-state index contributed by atoms with van der Waals surface area (Å²) < 4.78 is 33.7. The highest BCUT2D eigenvalue weighted by Crippen LogP contribution is 2.32. The zero-order valence-corrected chi connectivity index (χ0v) is 15.3. The molecule has 0 aliphatic carbocycles. The molecule has 8 nitrogen and oxygen atoms in total. The number of pyridine rings is 1. The van der Waals surface area contributed by atoms with Gasteiger partial charge in [-0.25, -0.2) is 13.4 Å². The van der Waals surface area contributed by atoms with Crippen molar-refractivity contribution in [2.24, 2.45) is 0 Å². The van der Waals surface area contributed by atoms with Crippen molar-refractivity contribution in [1.82, 2.24) is 10.3 Å². The fourth-order valence-electron chi connectivity index (χ4n) is 3.10. The Morgan fingerprint density at radius 1 is 1.19 bits per heavy atom. The van der Waals surface area contributed by atoms with Gasteiger partial charge in [0, 0.05) is 24.3 Å². The zero-order valence-electron chi connectivity index (χ0n) is 14.5. The molecule has 3 heterocycles. The molecule has 1 aromatic carbocycles. The number of carbonyl (C=O) groups is 1. The van der Waals surface area contributed by atoms with E-state index in [1.165, 1.54) is 6.20 Å². The van der Waals surface area contributed by atoms with Gasteiger partial charge < -0.3 is 20.1 Å². The zero-order chi connectivity index (χ0) is 18.9. The van der Waals surface area contributed by atoms with E-state index in [-0.39, 0.29) is 30.2 Å². The number of carbonyl (C=O) groups excluding carboxylic acids is 1. The van der Waals surface area contributed by atoms with Crippen molar-refractivity contribution in [3.8, 4) is 11.5 Å². The average molecular weight is 389 g/mol. The summed E-state index contributed by atoms with van der Waals surface area (Å²) in [6.45, 7) is 0.557. The molecule has 1 fully saturated rings. The summed E-state index contributed by atoms with van der Waals surface area (Å²) in [6, 6.07) is 8.59. The second-order valence-corrected chi connectivity index (χ2v) is 8.77. The quantitative estimate of drug-likeness (QED) is 0.795. The molecule has 0 radical (unpaired) electrons. The molecule has 27 heavy (non-hydrogen) atoms. The van der Waals surface area contributed by atoms with E-state index in [0.29, 0.717) is 35.8 Å². The first kappa shape index (κ1) is 17.6. The molecule has 4 rings (SSSR count). The molecule has 1 atom stereocenters. The highest BCUT2D eigenvalue weighted by atomic mass is 32.2. The molecule has 1 saturated heterocycles. The number of fused-ring (bicyclic) bond motifs is 1. The van der Waals surface area contributed by atoms with Gasteiger partial charge in [-0.1, -0.05) is 6.07 Å². The van der Waals surface area contributed by atoms with E-state index < -0.39 is 9.84 Å². The highest BCUT2D eigenvalue weighted by Gasteiger charge is 2.28. The molecule has 2 aliphatic heterocycles. The summed E-state index contributed by atoms with van der Waals surface area (Å²) in [5.74, 6) is 1.90. The molecule has 0 saturated carbocycles. The number of nitrogens with zero attached hydrogens (tertiary/aromatic N) is 1. The van der Waals surface area contributed by atoms with Gasteiger partial charge in [-0.15, -0.1) is 0 Å². The number of ether oxygens (including phenoxy) is 2. The van der Waals surface area contributed by atoms with Crippen molar-refractivity contribution in [2.45, 2.75) is 19.0 Å². The standard InChI is InChI=1S/C18H19N3O5S/c22-18(20-9-12-1-2-15-16(7-12)26-11-25-15)13-3-5-19-17(8-13)21-14-4-6-27(23,24)10-14/h1-3,5,7-8,14H,4,6,9-11H2,(H,19,21)(H,20,22). The largest absolute Gasteiger partial charge is 0.454 e. The Balaban J connectivity index is 1.37. The van der Waals surface area contributed by atoms with Gasteiger partial charge in [-0.2, -0.15) is 0 Å². The molecular weight excluding hydrogens is 370 g/mol. The van der Waals surface area contributed by atoms with Gasteiger partial charge in [0.05, 0.1) is 11.5 Å². The molecule has 0 bridgehead atoms. The monoisotopic (exact) mass is 389 g/mol. The Morgan fingerprint density at radius 2 is 2.04 bits per heavy atom. The van der Waals surface area contributed by atoms with Crippen LogP contribution in [0.3, 0.4) is 0 Å². The summed E-state index contributed by atoms with van der Waals surface area (Å²) in [7, 11) is -2.97. The second-order valence-electron chi connectivity index (χ2n) is 6.54. The van der Waals surface area contributed by atoms with Crippen molar-refractivity contribution in [2.75, 3.05) is 23.6 Å². The Labute approximate surface area is 156 Å². The molecule has 2 aliphatic rings. The van der Waals surface area contributed by atoms with Gasteiger partial charge in [0.1, 0.15) is 5.82 Å². The number of anilines is 1. The minimum Gasteiger partial charge on any atom is -0.454 e. The van der Waals surface area contributed by atoms with Crippen LogP contribution in [0.15, 0.2) is 36.5 Å². The number of amides is 1. The van der Waals surface area contributed by atoms with Crippen molar-refractivity contribution in [3.63, 3.8) is 0 Å². The summed E-state index contributed by atoms with van der Waals surface area (Å²) >= 11 is 0. The highest BCUT2D eigenvalue weighted by molar-refractivity contribution is 7.91. The number of aromatic nitrogens is 1. The van der Waals surface area contributed by atoms with Gasteiger partial charge in [0.25, 0.3) is 5.91 Å². The first-order valence-corrected chi connectivity index (χ1v) is 10.4. The van der Waals surface area contributed by atoms with Crippen LogP contribution in [-0.2, 0) is 16.4 Å². The van der Waals surface area contributed by atoms with Gasteiger partial charge in [0.15, 0.2) is 21.3 Å². The molecule has 1 amide bonds. The van der Waals surface area contributed by atoms with Gasteiger partial charge in [-0.3, -0.25) is 4.79 Å². The van der Waals surface area contributed by atoms with E-state index in [4.69, 9.17) is 9.47 Å². The molecule has 1 unspecified atom stereocenters. The smallest absolute Gasteiger partial charge is 0.251 e. The fourth-order valence-corrected chi connectivity index (χ4v) is 4.78. The Bertz CT molecular complexity index is 977. The molecule has 0 spiro atoms. The number of hydrogen-bond acceptors (Lipinski definition) is 7. The van der Waals surface area contributed by atoms with Gasteiger partial charge >= 0.3 is 0 Å². The summed E-state index contributed by atoms with van der Waals surface area (Å²) in [5.41, 5.74) is 1.35. The summed E-state index contributed by atoms with van der Waals surface area (Å²) in [5, 5.41) is 5.95. The SMILES string of the molecule is O=C(NCc1ccc2c(c1)OCO2)c1ccnc(NC2CCS(=O)(=O)C2)c1. The van der Waals surface area contributed by atoms with Crippen molar-refractivity contribution >= 4 is 21.6 Å². The van der Waals surface area contributed by atoms with Crippen LogP contribution in [0, 0.1) is 0 Å². The molecule has 142 valence electrons. The third-order valence-electron chi connectivity index (χ3n) is 4.50. The fraction of sp³-hybridized carbons (Fsp3) is 0.333. The molecule has 1 aromatic heterocycles. The molecule has 2 aromatic rings. The van der Waals surface area contributed by atoms with Crippen LogP contribution in [0.2, 0.25) is 0 Å². The maximum Gasteiger partial charge on any atom is 0.251 e. The first-order valence-electron chi connectivity index (χ1n) is 8.58. The lowest BCUT2D eigenvalue weighted by atomic mass is 10.2. The van der Waals surface area contributed by atoms with Crippen molar-refractivity contribution < 1.29 is 22.7 Å². The van der Waals surface area contributed by atoms with Crippen LogP contribution < -0.4 is 20.1 Å². The predicted molar refractivity (Wildman–Crippen MR) is 98.7 cm³/mol. The Hall–Kier alpha value is -2.81. The predicted octanol–water partition coefficient (Wildman–Crippen LogP) is 1.34. The van der Waals surface area contributed by atoms with Crippen LogP contribution in [0.4, 0.5) is 5.82 Å². The van der Waals surface area contributed by atoms with Gasteiger partial charge in [0.2, 0.25) is 6.79 Å². The van der Waals surface area contributed by atoms with Crippen LogP contribution in [-0.4, -0.2) is 43.6 Å². The lowest BCUT2D eigenvalue weighted by Crippen LogP contribution is -2.24. The minimum atomic E-state index is -2.97. The van der Waals surface area contributed by atoms with Crippen LogP contribution in [0.1, 0.15) is 22.3 Å². The normalized spacial score (nSPS) is 19.6.